The van der Waals surface area contributed by atoms with Gasteiger partial charge >= 0.3 is 0 Å². The van der Waals surface area contributed by atoms with Crippen molar-refractivity contribution in [3.8, 4) is 11.5 Å². The lowest BCUT2D eigenvalue weighted by Gasteiger charge is -2.40. The summed E-state index contributed by atoms with van der Waals surface area (Å²) in [5.74, 6) is -0.219. The number of piperazine rings is 1. The second-order valence-electron chi connectivity index (χ2n) is 16.9. The molecule has 15 nitrogen and oxygen atoms in total. The van der Waals surface area contributed by atoms with Gasteiger partial charge in [-0.15, -0.1) is 0 Å². The van der Waals surface area contributed by atoms with E-state index in [1.54, 1.807) is 31.5 Å². The molecule has 2 aromatic heterocycles. The number of aromatic amines is 1. The summed E-state index contributed by atoms with van der Waals surface area (Å²) < 4.78 is 46.9. The lowest BCUT2D eigenvalue weighted by molar-refractivity contribution is -0.384. The van der Waals surface area contributed by atoms with Gasteiger partial charge in [-0.1, -0.05) is 36.2 Å². The van der Waals surface area contributed by atoms with Crippen LogP contribution in [0.2, 0.25) is 5.02 Å². The van der Waals surface area contributed by atoms with E-state index < -0.39 is 31.4 Å². The van der Waals surface area contributed by atoms with Crippen LogP contribution in [0.1, 0.15) is 54.9 Å². The second-order valence-corrected chi connectivity index (χ2v) is 19.1. The highest BCUT2D eigenvalue weighted by atomic mass is 35.5. The lowest BCUT2D eigenvalue weighted by Crippen LogP contribution is -2.47. The molecule has 332 valence electrons. The number of hydrogen-bond donors (Lipinski definition) is 3. The summed E-state index contributed by atoms with van der Waals surface area (Å²) in [6.45, 7) is 8.59. The molecule has 2 saturated heterocycles. The lowest BCUT2D eigenvalue weighted by atomic mass is 9.71. The Labute approximate surface area is 372 Å². The number of sulfonamides is 1. The van der Waals surface area contributed by atoms with E-state index in [0.717, 1.165) is 68.9 Å². The number of amides is 1. The molecule has 0 spiro atoms. The summed E-state index contributed by atoms with van der Waals surface area (Å²) >= 11 is 6.27. The van der Waals surface area contributed by atoms with E-state index in [1.165, 1.54) is 41.1 Å². The molecule has 0 bridgehead atoms. The topological polar surface area (TPSA) is 181 Å². The van der Waals surface area contributed by atoms with Gasteiger partial charge in [-0.3, -0.25) is 19.8 Å². The summed E-state index contributed by atoms with van der Waals surface area (Å²) in [6.07, 6.45) is 7.88. The highest BCUT2D eigenvalue weighted by molar-refractivity contribution is 7.90. The highest BCUT2D eigenvalue weighted by Crippen LogP contribution is 2.44. The first kappa shape index (κ1) is 44.1. The van der Waals surface area contributed by atoms with Crippen molar-refractivity contribution in [1.82, 2.24) is 19.6 Å². The van der Waals surface area contributed by atoms with Crippen molar-refractivity contribution in [2.45, 2.75) is 43.9 Å². The molecule has 1 atom stereocenters. The molecule has 3 aliphatic rings. The number of methoxy groups -OCH3 is 1. The van der Waals surface area contributed by atoms with Crippen LogP contribution in [0.4, 0.5) is 17.1 Å². The number of anilines is 2. The van der Waals surface area contributed by atoms with Crippen LogP contribution in [0.5, 0.6) is 11.5 Å². The third-order valence-corrected chi connectivity index (χ3v) is 13.9. The van der Waals surface area contributed by atoms with Crippen molar-refractivity contribution >= 4 is 61.2 Å². The molecule has 2 aliphatic heterocycles. The molecular weight excluding hydrogens is 846 g/mol. The zero-order chi connectivity index (χ0) is 44.1. The van der Waals surface area contributed by atoms with E-state index in [1.807, 2.05) is 18.2 Å². The van der Waals surface area contributed by atoms with E-state index in [0.29, 0.717) is 55.9 Å². The predicted molar refractivity (Wildman–Crippen MR) is 243 cm³/mol. The number of nitro groups is 1. The van der Waals surface area contributed by atoms with Crippen LogP contribution in [0, 0.1) is 21.4 Å². The average molecular weight is 898 g/mol. The highest BCUT2D eigenvalue weighted by Gasteiger charge is 2.33. The molecule has 8 rings (SSSR count). The maximum absolute atomic E-state index is 13.9. The molecule has 1 aliphatic carbocycles. The van der Waals surface area contributed by atoms with Crippen LogP contribution in [0.25, 0.3) is 16.6 Å². The normalized spacial score (nSPS) is 19.0. The van der Waals surface area contributed by atoms with Crippen molar-refractivity contribution in [1.29, 1.82) is 0 Å². The number of ether oxygens (including phenoxy) is 3. The minimum absolute atomic E-state index is 0.0428. The quantitative estimate of drug-likeness (QED) is 0.0677. The van der Waals surface area contributed by atoms with Crippen molar-refractivity contribution in [3.05, 3.63) is 117 Å². The standard InChI is InChI=1S/C46H52ClN7O8S/c1-46(30-60-2)15-11-34(40(26-46)32-3-5-35(47)6-4-32)29-52-17-19-53(20-18-52)36-7-9-39(43(24-36)62-37-23-33-12-16-48-44(33)50-28-37)45(55)51-63(58,59)38-8-10-41(42(25-38)54(56)57)49-27-31-13-21-61-22-14-31/h3-10,12,16,23-25,28,31,49H,11,13-15,17-22,26-27,29-30H2,1-2H3,(H,48,50)(H,51,55). The SMILES string of the molecule is COCC1(C)CCC(CN2CCN(c3ccc(C(=O)NS(=O)(=O)c4ccc(NCC5CCOCC5)c([N+](=O)[O-])c4)c(Oc4cnc5[nH]ccc5c4)c3)CC2)=C(c2ccc(Cl)cc2)C1. The smallest absolute Gasteiger partial charge is 0.293 e. The Balaban J connectivity index is 1.00. The fraction of sp³-hybridized carbons (Fsp3) is 0.391. The van der Waals surface area contributed by atoms with Gasteiger partial charge in [0, 0.05) is 94.0 Å². The van der Waals surface area contributed by atoms with Crippen molar-refractivity contribution in [2.75, 3.05) is 76.4 Å². The largest absolute Gasteiger partial charge is 0.455 e. The van der Waals surface area contributed by atoms with E-state index in [9.17, 15) is 23.3 Å². The first-order chi connectivity index (χ1) is 30.4. The fourth-order valence-electron chi connectivity index (χ4n) is 8.78. The van der Waals surface area contributed by atoms with Crippen LogP contribution in [-0.4, -0.2) is 100 Å². The Kier molecular flexibility index (Phi) is 13.3. The number of nitrogens with one attached hydrogen (secondary N) is 3. The Morgan fingerprint density at radius 3 is 2.57 bits per heavy atom. The number of nitrogens with zero attached hydrogens (tertiary/aromatic N) is 4. The number of carbonyl (C=O) groups is 1. The number of nitro benzene ring substituents is 1. The third-order valence-electron chi connectivity index (χ3n) is 12.3. The van der Waals surface area contributed by atoms with Gasteiger partial charge in [0.1, 0.15) is 22.8 Å². The molecule has 4 heterocycles. The van der Waals surface area contributed by atoms with E-state index in [2.05, 4.69) is 48.9 Å². The van der Waals surface area contributed by atoms with E-state index in [4.69, 9.17) is 25.8 Å². The number of carbonyl (C=O) groups excluding carboxylic acids is 1. The van der Waals surface area contributed by atoms with E-state index in [-0.39, 0.29) is 28.3 Å². The van der Waals surface area contributed by atoms with Gasteiger partial charge in [-0.2, -0.15) is 0 Å². The Bertz CT molecular complexity index is 2610. The minimum atomic E-state index is -4.56. The zero-order valence-electron chi connectivity index (χ0n) is 35.4. The molecule has 3 aromatic carbocycles. The number of aromatic nitrogens is 2. The molecule has 1 unspecified atom stereocenters. The van der Waals surface area contributed by atoms with Crippen LogP contribution in [0.15, 0.2) is 95.7 Å². The monoisotopic (exact) mass is 897 g/mol. The molecule has 0 radical (unpaired) electrons. The van der Waals surface area contributed by atoms with Crippen LogP contribution < -0.4 is 19.7 Å². The second kappa shape index (κ2) is 19.1. The van der Waals surface area contributed by atoms with Crippen LogP contribution in [0.3, 0.4) is 0 Å². The summed E-state index contributed by atoms with van der Waals surface area (Å²) in [5, 5.41) is 16.7. The van der Waals surface area contributed by atoms with Crippen LogP contribution in [-0.2, 0) is 19.5 Å². The van der Waals surface area contributed by atoms with Gasteiger partial charge < -0.3 is 29.4 Å². The zero-order valence-corrected chi connectivity index (χ0v) is 37.0. The van der Waals surface area contributed by atoms with Gasteiger partial charge in [0.25, 0.3) is 21.6 Å². The molecule has 1 amide bonds. The first-order valence-corrected chi connectivity index (χ1v) is 23.1. The minimum Gasteiger partial charge on any atom is -0.455 e. The summed E-state index contributed by atoms with van der Waals surface area (Å²) in [5.41, 5.74) is 5.23. The van der Waals surface area contributed by atoms with Crippen LogP contribution >= 0.6 is 11.6 Å². The number of fused-ring (bicyclic) bond motifs is 1. The molecule has 3 N–H and O–H groups in total. The Morgan fingerprint density at radius 1 is 1.05 bits per heavy atom. The number of hydrogen-bond acceptors (Lipinski definition) is 12. The number of halogens is 1. The van der Waals surface area contributed by atoms with Gasteiger partial charge in [-0.25, -0.2) is 18.1 Å². The number of H-pyrrole nitrogens is 1. The summed E-state index contributed by atoms with van der Waals surface area (Å²) in [7, 11) is -2.80. The Morgan fingerprint density at radius 2 is 1.83 bits per heavy atom. The van der Waals surface area contributed by atoms with Gasteiger partial charge in [0.2, 0.25) is 0 Å². The first-order valence-electron chi connectivity index (χ1n) is 21.2. The number of pyridine rings is 1. The molecule has 5 aromatic rings. The van der Waals surface area contributed by atoms with Crippen molar-refractivity contribution < 1.29 is 32.3 Å². The maximum Gasteiger partial charge on any atom is 0.293 e. The Hall–Kier alpha value is -5.52. The molecule has 17 heteroatoms. The van der Waals surface area contributed by atoms with Gasteiger partial charge in [-0.05, 0) is 103 Å². The number of rotatable bonds is 15. The van der Waals surface area contributed by atoms with E-state index >= 15 is 0 Å². The van der Waals surface area contributed by atoms with Gasteiger partial charge in [0.15, 0.2) is 0 Å². The summed E-state index contributed by atoms with van der Waals surface area (Å²) in [6, 6.07) is 20.3. The van der Waals surface area contributed by atoms with Crippen molar-refractivity contribution in [3.63, 3.8) is 0 Å². The molecule has 2 fully saturated rings. The fourth-order valence-corrected chi connectivity index (χ4v) is 9.90. The average Bonchev–Trinajstić information content (AvgIpc) is 3.75. The molecular formula is C46H52ClN7O8S. The van der Waals surface area contributed by atoms with Gasteiger partial charge in [0.05, 0.1) is 28.2 Å². The molecule has 63 heavy (non-hydrogen) atoms. The number of allylic oxidation sites excluding steroid dienone is 1. The predicted octanol–water partition coefficient (Wildman–Crippen LogP) is 8.29. The summed E-state index contributed by atoms with van der Waals surface area (Å²) in [4.78, 5) is 37.1. The molecule has 0 saturated carbocycles. The van der Waals surface area contributed by atoms with Crippen molar-refractivity contribution in [2.24, 2.45) is 11.3 Å². The maximum atomic E-state index is 13.9. The third kappa shape index (κ3) is 10.5. The number of benzene rings is 3.